The van der Waals surface area contributed by atoms with Gasteiger partial charge in [-0.1, -0.05) is 29.8 Å². The summed E-state index contributed by atoms with van der Waals surface area (Å²) in [5, 5.41) is 5.90. The predicted octanol–water partition coefficient (Wildman–Crippen LogP) is 1.40. The first-order valence-electron chi connectivity index (χ1n) is 8.98. The van der Waals surface area contributed by atoms with E-state index in [9.17, 15) is 9.59 Å². The SMILES string of the molecule is Cc1ccc(CCN2CC[C@H](NC(=O)[C@H]3CCCC(=O)N3)C2)cc1. The summed E-state index contributed by atoms with van der Waals surface area (Å²) < 4.78 is 0. The molecule has 2 fully saturated rings. The van der Waals surface area contributed by atoms with Crippen molar-refractivity contribution in [1.29, 1.82) is 0 Å². The Morgan fingerprint density at radius 1 is 1.29 bits per heavy atom. The molecule has 3 rings (SSSR count). The van der Waals surface area contributed by atoms with Crippen LogP contribution in [-0.2, 0) is 16.0 Å². The summed E-state index contributed by atoms with van der Waals surface area (Å²) in [6.07, 6.45) is 4.12. The van der Waals surface area contributed by atoms with Gasteiger partial charge in [0.2, 0.25) is 11.8 Å². The molecule has 5 nitrogen and oxygen atoms in total. The minimum absolute atomic E-state index is 0.00690. The summed E-state index contributed by atoms with van der Waals surface area (Å²) in [4.78, 5) is 26.1. The Hall–Kier alpha value is -1.88. The smallest absolute Gasteiger partial charge is 0.242 e. The number of hydrogen-bond donors (Lipinski definition) is 2. The number of aryl methyl sites for hydroxylation is 1. The summed E-state index contributed by atoms with van der Waals surface area (Å²) >= 11 is 0. The van der Waals surface area contributed by atoms with Crippen molar-refractivity contribution in [3.05, 3.63) is 35.4 Å². The fourth-order valence-corrected chi connectivity index (χ4v) is 3.50. The Balaban J connectivity index is 1.41. The van der Waals surface area contributed by atoms with Gasteiger partial charge >= 0.3 is 0 Å². The van der Waals surface area contributed by atoms with E-state index in [-0.39, 0.29) is 23.9 Å². The number of carbonyl (C=O) groups excluding carboxylic acids is 2. The highest BCUT2D eigenvalue weighted by atomic mass is 16.2. The van der Waals surface area contributed by atoms with Crippen LogP contribution in [0.4, 0.5) is 0 Å². The molecule has 130 valence electrons. The number of hydrogen-bond acceptors (Lipinski definition) is 3. The van der Waals surface area contributed by atoms with E-state index >= 15 is 0 Å². The van der Waals surface area contributed by atoms with Crippen LogP contribution in [0.1, 0.15) is 36.8 Å². The molecule has 2 aliphatic heterocycles. The van der Waals surface area contributed by atoms with E-state index in [1.807, 2.05) is 0 Å². The van der Waals surface area contributed by atoms with Crippen LogP contribution in [0.25, 0.3) is 0 Å². The third-order valence-electron chi connectivity index (χ3n) is 5.00. The Bertz CT molecular complexity index is 585. The van der Waals surface area contributed by atoms with Crippen molar-refractivity contribution in [3.63, 3.8) is 0 Å². The molecule has 0 radical (unpaired) electrons. The Morgan fingerprint density at radius 3 is 2.83 bits per heavy atom. The Labute approximate surface area is 143 Å². The van der Waals surface area contributed by atoms with Crippen molar-refractivity contribution in [3.8, 4) is 0 Å². The van der Waals surface area contributed by atoms with E-state index < -0.39 is 0 Å². The van der Waals surface area contributed by atoms with Crippen molar-refractivity contribution in [2.24, 2.45) is 0 Å². The highest BCUT2D eigenvalue weighted by Crippen LogP contribution is 2.13. The maximum atomic E-state index is 12.3. The maximum Gasteiger partial charge on any atom is 0.242 e. The van der Waals surface area contributed by atoms with Gasteiger partial charge in [0, 0.05) is 32.1 Å². The van der Waals surface area contributed by atoms with Crippen molar-refractivity contribution in [1.82, 2.24) is 15.5 Å². The first kappa shape index (κ1) is 17.0. The van der Waals surface area contributed by atoms with Gasteiger partial charge in [-0.25, -0.2) is 0 Å². The van der Waals surface area contributed by atoms with Crippen molar-refractivity contribution < 1.29 is 9.59 Å². The standard InChI is InChI=1S/C19H27N3O2/c1-14-5-7-15(8-6-14)9-11-22-12-10-16(13-22)20-19(24)17-3-2-4-18(23)21-17/h5-8,16-17H,2-4,9-13H2,1H3,(H,20,24)(H,21,23)/t16-,17+/m0/s1. The average Bonchev–Trinajstić information content (AvgIpc) is 3.02. The second kappa shape index (κ2) is 7.79. The van der Waals surface area contributed by atoms with Crippen LogP contribution in [0.15, 0.2) is 24.3 Å². The normalized spacial score (nSPS) is 24.6. The quantitative estimate of drug-likeness (QED) is 0.858. The molecule has 0 bridgehead atoms. The lowest BCUT2D eigenvalue weighted by atomic mass is 10.0. The second-order valence-corrected chi connectivity index (χ2v) is 7.04. The fraction of sp³-hybridized carbons (Fsp3) is 0.579. The molecule has 5 heteroatoms. The van der Waals surface area contributed by atoms with Crippen LogP contribution >= 0.6 is 0 Å². The number of piperidine rings is 1. The van der Waals surface area contributed by atoms with Crippen LogP contribution in [0, 0.1) is 6.92 Å². The fourth-order valence-electron chi connectivity index (χ4n) is 3.50. The molecule has 0 aromatic heterocycles. The van der Waals surface area contributed by atoms with Gasteiger partial charge in [-0.2, -0.15) is 0 Å². The van der Waals surface area contributed by atoms with Gasteiger partial charge in [0.15, 0.2) is 0 Å². The van der Waals surface area contributed by atoms with Gasteiger partial charge in [-0.15, -0.1) is 0 Å². The lowest BCUT2D eigenvalue weighted by Gasteiger charge is -2.24. The molecule has 2 atom stereocenters. The van der Waals surface area contributed by atoms with E-state index in [1.165, 1.54) is 11.1 Å². The minimum atomic E-state index is -0.340. The maximum absolute atomic E-state index is 12.3. The first-order chi connectivity index (χ1) is 11.6. The van der Waals surface area contributed by atoms with E-state index in [2.05, 4.69) is 46.7 Å². The molecule has 1 aromatic rings. The lowest BCUT2D eigenvalue weighted by molar-refractivity contribution is -0.131. The van der Waals surface area contributed by atoms with Gasteiger partial charge in [0.25, 0.3) is 0 Å². The predicted molar refractivity (Wildman–Crippen MR) is 93.7 cm³/mol. The van der Waals surface area contributed by atoms with Gasteiger partial charge in [-0.3, -0.25) is 9.59 Å². The van der Waals surface area contributed by atoms with Gasteiger partial charge in [0.1, 0.15) is 6.04 Å². The molecule has 0 spiro atoms. The van der Waals surface area contributed by atoms with Crippen LogP contribution in [0.3, 0.4) is 0 Å². The van der Waals surface area contributed by atoms with Crippen molar-refractivity contribution in [2.45, 2.75) is 51.1 Å². The molecule has 0 aliphatic carbocycles. The third kappa shape index (κ3) is 4.57. The molecular formula is C19H27N3O2. The largest absolute Gasteiger partial charge is 0.350 e. The molecule has 2 heterocycles. The van der Waals surface area contributed by atoms with E-state index in [1.54, 1.807) is 0 Å². The van der Waals surface area contributed by atoms with Gasteiger partial charge in [0.05, 0.1) is 0 Å². The highest BCUT2D eigenvalue weighted by molar-refractivity contribution is 5.88. The number of nitrogens with zero attached hydrogens (tertiary/aromatic N) is 1. The van der Waals surface area contributed by atoms with Crippen LogP contribution in [-0.4, -0.2) is 48.4 Å². The summed E-state index contributed by atoms with van der Waals surface area (Å²) in [6.45, 7) is 5.05. The molecule has 0 saturated carbocycles. The van der Waals surface area contributed by atoms with Crippen molar-refractivity contribution >= 4 is 11.8 Å². The first-order valence-corrected chi connectivity index (χ1v) is 8.98. The third-order valence-corrected chi connectivity index (χ3v) is 5.00. The molecular weight excluding hydrogens is 302 g/mol. The summed E-state index contributed by atoms with van der Waals surface area (Å²) in [6, 6.07) is 8.55. The number of carbonyl (C=O) groups is 2. The summed E-state index contributed by atoms with van der Waals surface area (Å²) in [5.41, 5.74) is 2.65. The zero-order valence-electron chi connectivity index (χ0n) is 14.4. The number of amides is 2. The molecule has 2 saturated heterocycles. The van der Waals surface area contributed by atoms with Crippen molar-refractivity contribution in [2.75, 3.05) is 19.6 Å². The zero-order valence-corrected chi connectivity index (χ0v) is 14.4. The molecule has 2 amide bonds. The molecule has 1 aromatic carbocycles. The average molecular weight is 329 g/mol. The van der Waals surface area contributed by atoms with Crippen LogP contribution in [0.5, 0.6) is 0 Å². The lowest BCUT2D eigenvalue weighted by Crippen LogP contribution is -2.51. The number of benzene rings is 1. The van der Waals surface area contributed by atoms with E-state index in [4.69, 9.17) is 0 Å². The summed E-state index contributed by atoms with van der Waals surface area (Å²) in [7, 11) is 0. The highest BCUT2D eigenvalue weighted by Gasteiger charge is 2.29. The number of nitrogens with one attached hydrogen (secondary N) is 2. The molecule has 2 N–H and O–H groups in total. The zero-order chi connectivity index (χ0) is 16.9. The minimum Gasteiger partial charge on any atom is -0.350 e. The Kier molecular flexibility index (Phi) is 5.51. The van der Waals surface area contributed by atoms with E-state index in [0.717, 1.165) is 45.3 Å². The van der Waals surface area contributed by atoms with Gasteiger partial charge < -0.3 is 15.5 Å². The van der Waals surface area contributed by atoms with Crippen LogP contribution in [0.2, 0.25) is 0 Å². The van der Waals surface area contributed by atoms with Crippen LogP contribution < -0.4 is 10.6 Å². The second-order valence-electron chi connectivity index (χ2n) is 7.04. The molecule has 24 heavy (non-hydrogen) atoms. The number of likely N-dealkylation sites (tertiary alicyclic amines) is 1. The molecule has 0 unspecified atom stereocenters. The molecule has 2 aliphatic rings. The Morgan fingerprint density at radius 2 is 2.08 bits per heavy atom. The van der Waals surface area contributed by atoms with Gasteiger partial charge in [-0.05, 0) is 38.2 Å². The topological polar surface area (TPSA) is 61.4 Å². The van der Waals surface area contributed by atoms with E-state index in [0.29, 0.717) is 6.42 Å². The monoisotopic (exact) mass is 329 g/mol. The number of rotatable bonds is 5. The summed E-state index contributed by atoms with van der Waals surface area (Å²) in [5.74, 6) is -0.0269.